The van der Waals surface area contributed by atoms with Crippen LogP contribution in [0.1, 0.15) is 18.3 Å². The third-order valence-electron chi connectivity index (χ3n) is 5.76. The Morgan fingerprint density at radius 1 is 1.11 bits per heavy atom. The molecule has 0 saturated carbocycles. The van der Waals surface area contributed by atoms with Gasteiger partial charge in [-0.15, -0.1) is 0 Å². The normalized spacial score (nSPS) is 15.3. The summed E-state index contributed by atoms with van der Waals surface area (Å²) >= 11 is 0. The van der Waals surface area contributed by atoms with Gasteiger partial charge in [-0.1, -0.05) is 0 Å². The minimum absolute atomic E-state index is 0.0589. The molecule has 1 aliphatic heterocycles. The van der Waals surface area contributed by atoms with Gasteiger partial charge in [0.05, 0.1) is 36.9 Å². The molecule has 1 saturated heterocycles. The maximum atomic E-state index is 14.2. The van der Waals surface area contributed by atoms with E-state index >= 15 is 0 Å². The van der Waals surface area contributed by atoms with Crippen LogP contribution >= 0.6 is 0 Å². The van der Waals surface area contributed by atoms with Crippen LogP contribution in [0.4, 0.5) is 21.8 Å². The second-order valence-electron chi connectivity index (χ2n) is 8.26. The van der Waals surface area contributed by atoms with Crippen molar-refractivity contribution in [1.82, 2.24) is 34.1 Å². The lowest BCUT2D eigenvalue weighted by Gasteiger charge is -2.36. The molecule has 1 aliphatic rings. The number of hydrogen-bond acceptors (Lipinski definition) is 11. The van der Waals surface area contributed by atoms with E-state index in [1.807, 2.05) is 13.0 Å². The maximum absolute atomic E-state index is 14.2. The van der Waals surface area contributed by atoms with Gasteiger partial charge >= 0.3 is 0 Å². The number of piperazine rings is 1. The molecular formula is C22H27FN9O3S. The number of aryl methyl sites for hydroxylation is 1. The van der Waals surface area contributed by atoms with Crippen LogP contribution in [-0.2, 0) is 10.0 Å². The highest BCUT2D eigenvalue weighted by molar-refractivity contribution is 7.88. The van der Waals surface area contributed by atoms with Crippen molar-refractivity contribution in [3.63, 3.8) is 0 Å². The van der Waals surface area contributed by atoms with Crippen LogP contribution in [0.3, 0.4) is 0 Å². The average Bonchev–Trinajstić information content (AvgIpc) is 2.83. The van der Waals surface area contributed by atoms with Gasteiger partial charge in [0.25, 0.3) is 0 Å². The first-order chi connectivity index (χ1) is 17.0. The fourth-order valence-corrected chi connectivity index (χ4v) is 4.70. The summed E-state index contributed by atoms with van der Waals surface area (Å²) in [6.07, 6.45) is 4.32. The van der Waals surface area contributed by atoms with E-state index in [0.717, 1.165) is 11.6 Å². The van der Waals surface area contributed by atoms with Gasteiger partial charge in [-0.05, 0) is 25.5 Å². The fourth-order valence-electron chi connectivity index (χ4n) is 3.87. The Labute approximate surface area is 208 Å². The minimum Gasteiger partial charge on any atom is -0.479 e. The number of methoxy groups -OCH3 is 1. The molecule has 36 heavy (non-hydrogen) atoms. The zero-order valence-electron chi connectivity index (χ0n) is 20.4. The first-order valence-corrected chi connectivity index (χ1v) is 12.9. The SMILES string of the molecule is COc1ncc(Nc2ncc([C](C)N3CCN(S(C)(=O)=O)CC3)cc2-c2nc(C)nc(N)n2)cc1F. The van der Waals surface area contributed by atoms with E-state index in [1.54, 1.807) is 13.1 Å². The highest BCUT2D eigenvalue weighted by Crippen LogP contribution is 2.31. The summed E-state index contributed by atoms with van der Waals surface area (Å²) in [6.45, 7) is 5.53. The molecule has 1 radical (unpaired) electrons. The van der Waals surface area contributed by atoms with Gasteiger partial charge < -0.3 is 15.8 Å². The monoisotopic (exact) mass is 516 g/mol. The summed E-state index contributed by atoms with van der Waals surface area (Å²) in [5, 5.41) is 3.06. The standard InChI is InChI=1S/C22H27FN9O3S/c1-13(31-5-7-32(8-6-31)36(4,33)34)15-9-17(20-27-14(2)28-22(24)30-20)19(25-11-15)29-16-10-18(23)21(35-3)26-12-16/h9-12H,5-8H2,1-4H3,(H,25,29)(H2,24,27,28,30). The van der Waals surface area contributed by atoms with Gasteiger partial charge in [-0.25, -0.2) is 27.8 Å². The molecule has 0 bridgehead atoms. The lowest BCUT2D eigenvalue weighted by atomic mass is 10.1. The Kier molecular flexibility index (Phi) is 7.28. The fraction of sp³-hybridized carbons (Fsp3) is 0.364. The van der Waals surface area contributed by atoms with Crippen molar-refractivity contribution in [3.8, 4) is 17.3 Å². The van der Waals surface area contributed by atoms with Crippen molar-refractivity contribution in [2.24, 2.45) is 0 Å². The predicted molar refractivity (Wildman–Crippen MR) is 132 cm³/mol. The molecule has 0 atom stereocenters. The van der Waals surface area contributed by atoms with E-state index < -0.39 is 15.8 Å². The van der Waals surface area contributed by atoms with E-state index in [0.29, 0.717) is 54.9 Å². The molecule has 0 aliphatic carbocycles. The topological polar surface area (TPSA) is 152 Å². The third kappa shape index (κ3) is 5.66. The number of anilines is 3. The quantitative estimate of drug-likeness (QED) is 0.471. The number of nitrogens with one attached hydrogen (secondary N) is 1. The van der Waals surface area contributed by atoms with Gasteiger partial charge in [0.15, 0.2) is 11.6 Å². The van der Waals surface area contributed by atoms with Crippen molar-refractivity contribution in [2.75, 3.05) is 50.6 Å². The highest BCUT2D eigenvalue weighted by Gasteiger charge is 2.28. The largest absolute Gasteiger partial charge is 0.479 e. The summed E-state index contributed by atoms with van der Waals surface area (Å²) < 4.78 is 44.3. The van der Waals surface area contributed by atoms with Crippen molar-refractivity contribution in [1.29, 1.82) is 0 Å². The minimum atomic E-state index is -3.23. The second kappa shape index (κ2) is 10.2. The zero-order valence-corrected chi connectivity index (χ0v) is 21.2. The Morgan fingerprint density at radius 2 is 1.83 bits per heavy atom. The van der Waals surface area contributed by atoms with E-state index in [9.17, 15) is 12.8 Å². The molecule has 0 spiro atoms. The van der Waals surface area contributed by atoms with Gasteiger partial charge in [0.1, 0.15) is 11.6 Å². The molecule has 3 aromatic rings. The number of pyridine rings is 2. The molecule has 3 aromatic heterocycles. The van der Waals surface area contributed by atoms with Crippen LogP contribution in [0.5, 0.6) is 5.88 Å². The van der Waals surface area contributed by atoms with Crippen molar-refractivity contribution in [3.05, 3.63) is 47.8 Å². The molecule has 1 fully saturated rings. The van der Waals surface area contributed by atoms with Crippen LogP contribution in [0, 0.1) is 18.8 Å². The smallest absolute Gasteiger partial charge is 0.250 e. The predicted octanol–water partition coefficient (Wildman–Crippen LogP) is 1.59. The highest BCUT2D eigenvalue weighted by atomic mass is 32.2. The number of halogens is 1. The number of nitrogens with zero attached hydrogens (tertiary/aromatic N) is 7. The number of nitrogen functional groups attached to an aromatic ring is 1. The van der Waals surface area contributed by atoms with Crippen LogP contribution in [-0.4, -0.2) is 82.1 Å². The van der Waals surface area contributed by atoms with E-state index in [2.05, 4.69) is 35.1 Å². The summed E-state index contributed by atoms with van der Waals surface area (Å²) in [6, 6.07) is 4.02. The van der Waals surface area contributed by atoms with Crippen LogP contribution in [0.15, 0.2) is 24.5 Å². The molecule has 0 aromatic carbocycles. The second-order valence-corrected chi connectivity index (χ2v) is 10.2. The van der Waals surface area contributed by atoms with Crippen molar-refractivity contribution in [2.45, 2.75) is 13.8 Å². The molecular weight excluding hydrogens is 489 g/mol. The molecule has 0 unspecified atom stereocenters. The Bertz CT molecular complexity index is 1340. The Balaban J connectivity index is 1.67. The van der Waals surface area contributed by atoms with Crippen LogP contribution < -0.4 is 15.8 Å². The number of aromatic nitrogens is 5. The van der Waals surface area contributed by atoms with E-state index in [-0.39, 0.29) is 11.8 Å². The van der Waals surface area contributed by atoms with Gasteiger partial charge in [0, 0.05) is 38.4 Å². The van der Waals surface area contributed by atoms with Crippen LogP contribution in [0.25, 0.3) is 11.4 Å². The first kappa shape index (κ1) is 25.6. The van der Waals surface area contributed by atoms with Crippen molar-refractivity contribution >= 4 is 27.5 Å². The summed E-state index contributed by atoms with van der Waals surface area (Å²) in [4.78, 5) is 23.3. The average molecular weight is 517 g/mol. The molecule has 14 heteroatoms. The maximum Gasteiger partial charge on any atom is 0.250 e. The van der Waals surface area contributed by atoms with Gasteiger partial charge in [0.2, 0.25) is 21.9 Å². The lowest BCUT2D eigenvalue weighted by Crippen LogP contribution is -2.49. The summed E-state index contributed by atoms with van der Waals surface area (Å²) in [7, 11) is -1.89. The third-order valence-corrected chi connectivity index (χ3v) is 7.06. The van der Waals surface area contributed by atoms with E-state index in [4.69, 9.17) is 10.5 Å². The van der Waals surface area contributed by atoms with E-state index in [1.165, 1.54) is 29.9 Å². The molecule has 4 heterocycles. The number of nitrogens with two attached hydrogens (primary N) is 1. The van der Waals surface area contributed by atoms with Gasteiger partial charge in [-0.2, -0.15) is 14.3 Å². The number of ether oxygens (including phenoxy) is 1. The molecule has 12 nitrogen and oxygen atoms in total. The molecule has 0 amide bonds. The Hall–Kier alpha value is -3.49. The molecule has 4 rings (SSSR count). The summed E-state index contributed by atoms with van der Waals surface area (Å²) in [5.74, 6) is 0.412. The Morgan fingerprint density at radius 3 is 2.44 bits per heavy atom. The summed E-state index contributed by atoms with van der Waals surface area (Å²) in [5.41, 5.74) is 7.54. The van der Waals surface area contributed by atoms with Gasteiger partial charge in [-0.3, -0.25) is 4.90 Å². The molecule has 3 N–H and O–H groups in total. The number of sulfonamides is 1. The lowest BCUT2D eigenvalue weighted by molar-refractivity contribution is 0.206. The number of hydrogen-bond donors (Lipinski definition) is 2. The van der Waals surface area contributed by atoms with Crippen molar-refractivity contribution < 1.29 is 17.5 Å². The van der Waals surface area contributed by atoms with Crippen LogP contribution in [0.2, 0.25) is 0 Å². The zero-order chi connectivity index (χ0) is 26.0. The molecule has 191 valence electrons. The first-order valence-electron chi connectivity index (χ1n) is 11.0. The number of rotatable bonds is 7.